The predicted molar refractivity (Wildman–Crippen MR) is 105 cm³/mol. The first kappa shape index (κ1) is 20.2. The fourth-order valence-corrected chi connectivity index (χ4v) is 2.95. The fraction of sp³-hybridized carbons (Fsp3) is 0.556. The second-order valence-electron chi connectivity index (χ2n) is 6.32. The SMILES string of the molecule is CCNC(=NCC(C)Oc1ccccc1Cl)NC1CCN(C(N)=O)CC1. The van der Waals surface area contributed by atoms with Gasteiger partial charge in [-0.05, 0) is 38.8 Å². The Labute approximate surface area is 159 Å². The van der Waals surface area contributed by atoms with Crippen LogP contribution in [0.15, 0.2) is 29.3 Å². The third-order valence-electron chi connectivity index (χ3n) is 4.16. The first-order chi connectivity index (χ1) is 12.5. The maximum atomic E-state index is 11.2. The van der Waals surface area contributed by atoms with Gasteiger partial charge in [0.05, 0.1) is 11.6 Å². The Balaban J connectivity index is 1.86. The highest BCUT2D eigenvalue weighted by Crippen LogP contribution is 2.24. The van der Waals surface area contributed by atoms with E-state index in [0.29, 0.717) is 30.4 Å². The number of carbonyl (C=O) groups excluding carboxylic acids is 1. The van der Waals surface area contributed by atoms with Crippen molar-refractivity contribution in [1.29, 1.82) is 0 Å². The zero-order valence-electron chi connectivity index (χ0n) is 15.4. The van der Waals surface area contributed by atoms with Crippen LogP contribution in [0.5, 0.6) is 5.75 Å². The van der Waals surface area contributed by atoms with Crippen molar-refractivity contribution >= 4 is 23.6 Å². The van der Waals surface area contributed by atoms with Gasteiger partial charge < -0.3 is 26.0 Å². The Morgan fingerprint density at radius 2 is 2.12 bits per heavy atom. The van der Waals surface area contributed by atoms with Gasteiger partial charge in [0.15, 0.2) is 5.96 Å². The van der Waals surface area contributed by atoms with Crippen molar-refractivity contribution in [2.75, 3.05) is 26.2 Å². The summed E-state index contributed by atoms with van der Waals surface area (Å²) in [6, 6.07) is 7.32. The lowest BCUT2D eigenvalue weighted by atomic mass is 10.1. The van der Waals surface area contributed by atoms with E-state index in [1.54, 1.807) is 11.0 Å². The molecule has 1 unspecified atom stereocenters. The number of para-hydroxylation sites is 1. The Morgan fingerprint density at radius 3 is 2.73 bits per heavy atom. The van der Waals surface area contributed by atoms with Gasteiger partial charge in [0.25, 0.3) is 0 Å². The molecule has 1 aliphatic heterocycles. The summed E-state index contributed by atoms with van der Waals surface area (Å²) in [7, 11) is 0. The highest BCUT2D eigenvalue weighted by atomic mass is 35.5. The van der Waals surface area contributed by atoms with E-state index in [4.69, 9.17) is 22.1 Å². The molecule has 0 radical (unpaired) electrons. The molecular weight excluding hydrogens is 354 g/mol. The van der Waals surface area contributed by atoms with Crippen LogP contribution in [0.3, 0.4) is 0 Å². The molecule has 1 aromatic rings. The molecule has 0 spiro atoms. The van der Waals surface area contributed by atoms with Crippen LogP contribution in [0, 0.1) is 0 Å². The molecule has 1 heterocycles. The fourth-order valence-electron chi connectivity index (χ4n) is 2.77. The Bertz CT molecular complexity index is 617. The molecule has 1 saturated heterocycles. The number of aliphatic imine (C=N–C) groups is 1. The number of rotatable bonds is 6. The molecule has 0 bridgehead atoms. The summed E-state index contributed by atoms with van der Waals surface area (Å²) in [6.07, 6.45) is 1.58. The van der Waals surface area contributed by atoms with Crippen molar-refractivity contribution < 1.29 is 9.53 Å². The number of nitrogens with zero attached hydrogens (tertiary/aromatic N) is 2. The summed E-state index contributed by atoms with van der Waals surface area (Å²) in [5, 5.41) is 7.26. The van der Waals surface area contributed by atoms with E-state index in [2.05, 4.69) is 15.6 Å². The van der Waals surface area contributed by atoms with Gasteiger partial charge in [-0.2, -0.15) is 0 Å². The van der Waals surface area contributed by atoms with E-state index in [1.165, 1.54) is 0 Å². The number of urea groups is 1. The van der Waals surface area contributed by atoms with Crippen LogP contribution < -0.4 is 21.1 Å². The van der Waals surface area contributed by atoms with Gasteiger partial charge >= 0.3 is 6.03 Å². The van der Waals surface area contributed by atoms with Gasteiger partial charge in [-0.15, -0.1) is 0 Å². The van der Waals surface area contributed by atoms with Crippen molar-refractivity contribution in [3.05, 3.63) is 29.3 Å². The van der Waals surface area contributed by atoms with Crippen LogP contribution in [0.25, 0.3) is 0 Å². The number of halogens is 1. The van der Waals surface area contributed by atoms with Crippen LogP contribution in [0.2, 0.25) is 5.02 Å². The summed E-state index contributed by atoms with van der Waals surface area (Å²) >= 11 is 6.12. The smallest absolute Gasteiger partial charge is 0.314 e. The van der Waals surface area contributed by atoms with E-state index < -0.39 is 0 Å². The van der Waals surface area contributed by atoms with Gasteiger partial charge in [0, 0.05) is 25.7 Å². The number of carbonyl (C=O) groups is 1. The first-order valence-corrected chi connectivity index (χ1v) is 9.37. The van der Waals surface area contributed by atoms with Crippen LogP contribution in [-0.2, 0) is 0 Å². The molecule has 0 aliphatic carbocycles. The van der Waals surface area contributed by atoms with Crippen molar-refractivity contribution in [2.45, 2.75) is 38.8 Å². The van der Waals surface area contributed by atoms with Crippen molar-refractivity contribution in [3.8, 4) is 5.75 Å². The largest absolute Gasteiger partial charge is 0.487 e. The van der Waals surface area contributed by atoms with Crippen LogP contribution in [0.4, 0.5) is 4.79 Å². The standard InChI is InChI=1S/C18H28ClN5O2/c1-3-21-18(23-14-8-10-24(11-9-14)17(20)25)22-12-13(2)26-16-7-5-4-6-15(16)19/h4-7,13-14H,3,8-12H2,1-2H3,(H2,20,25)(H2,21,22,23). The first-order valence-electron chi connectivity index (χ1n) is 9.00. The lowest BCUT2D eigenvalue weighted by molar-refractivity contribution is 0.188. The highest BCUT2D eigenvalue weighted by molar-refractivity contribution is 6.32. The van der Waals surface area contributed by atoms with Gasteiger partial charge in [0.1, 0.15) is 11.9 Å². The third-order valence-corrected chi connectivity index (χ3v) is 4.48. The molecular formula is C18H28ClN5O2. The molecule has 0 aromatic heterocycles. The molecule has 1 atom stereocenters. The van der Waals surface area contributed by atoms with Crippen molar-refractivity contribution in [2.24, 2.45) is 10.7 Å². The molecule has 2 rings (SSSR count). The third kappa shape index (κ3) is 6.29. The number of primary amides is 1. The summed E-state index contributed by atoms with van der Waals surface area (Å²) in [5.74, 6) is 1.41. The Kier molecular flexibility index (Phi) is 7.84. The minimum absolute atomic E-state index is 0.109. The maximum absolute atomic E-state index is 11.2. The van der Waals surface area contributed by atoms with E-state index in [1.807, 2.05) is 32.0 Å². The van der Waals surface area contributed by atoms with E-state index >= 15 is 0 Å². The number of piperidine rings is 1. The minimum atomic E-state index is -0.352. The molecule has 1 aliphatic rings. The molecule has 144 valence electrons. The second-order valence-corrected chi connectivity index (χ2v) is 6.73. The number of ether oxygens (including phenoxy) is 1. The molecule has 26 heavy (non-hydrogen) atoms. The number of hydrogen-bond donors (Lipinski definition) is 3. The number of amides is 2. The normalized spacial score (nSPS) is 16.9. The number of guanidine groups is 1. The van der Waals surface area contributed by atoms with E-state index in [0.717, 1.165) is 25.3 Å². The van der Waals surface area contributed by atoms with Crippen molar-refractivity contribution in [3.63, 3.8) is 0 Å². The lowest BCUT2D eigenvalue weighted by Crippen LogP contribution is -2.50. The Morgan fingerprint density at radius 1 is 1.42 bits per heavy atom. The van der Waals surface area contributed by atoms with Crippen LogP contribution >= 0.6 is 11.6 Å². The van der Waals surface area contributed by atoms with Crippen LogP contribution in [-0.4, -0.2) is 55.2 Å². The van der Waals surface area contributed by atoms with Gasteiger partial charge in [-0.3, -0.25) is 0 Å². The van der Waals surface area contributed by atoms with Crippen LogP contribution in [0.1, 0.15) is 26.7 Å². The van der Waals surface area contributed by atoms with Gasteiger partial charge in [-0.25, -0.2) is 9.79 Å². The molecule has 1 aromatic carbocycles. The number of nitrogens with two attached hydrogens (primary N) is 1. The molecule has 0 saturated carbocycles. The molecule has 1 fully saturated rings. The average molecular weight is 382 g/mol. The number of nitrogens with one attached hydrogen (secondary N) is 2. The average Bonchev–Trinajstić information content (AvgIpc) is 2.62. The molecule has 2 amide bonds. The molecule has 4 N–H and O–H groups in total. The monoisotopic (exact) mass is 381 g/mol. The molecule has 7 nitrogen and oxygen atoms in total. The zero-order valence-corrected chi connectivity index (χ0v) is 16.1. The maximum Gasteiger partial charge on any atom is 0.314 e. The van der Waals surface area contributed by atoms with Gasteiger partial charge in [-0.1, -0.05) is 23.7 Å². The van der Waals surface area contributed by atoms with Gasteiger partial charge in [0.2, 0.25) is 0 Å². The second kappa shape index (κ2) is 10.1. The minimum Gasteiger partial charge on any atom is -0.487 e. The zero-order chi connectivity index (χ0) is 18.9. The van der Waals surface area contributed by atoms with E-state index in [9.17, 15) is 4.79 Å². The van der Waals surface area contributed by atoms with Crippen molar-refractivity contribution in [1.82, 2.24) is 15.5 Å². The topological polar surface area (TPSA) is 92.0 Å². The number of likely N-dealkylation sites (tertiary alicyclic amines) is 1. The Hall–Kier alpha value is -2.15. The lowest BCUT2D eigenvalue weighted by Gasteiger charge is -2.32. The number of hydrogen-bond acceptors (Lipinski definition) is 3. The number of benzene rings is 1. The summed E-state index contributed by atoms with van der Waals surface area (Å²) in [5.41, 5.74) is 5.32. The summed E-state index contributed by atoms with van der Waals surface area (Å²) < 4.78 is 5.85. The summed E-state index contributed by atoms with van der Waals surface area (Å²) in [4.78, 5) is 17.5. The van der Waals surface area contributed by atoms with E-state index in [-0.39, 0.29) is 18.2 Å². The molecule has 8 heteroatoms. The predicted octanol–water partition coefficient (Wildman–Crippen LogP) is 2.21. The highest BCUT2D eigenvalue weighted by Gasteiger charge is 2.21. The summed E-state index contributed by atoms with van der Waals surface area (Å²) in [6.45, 7) is 6.58. The quantitative estimate of drug-likeness (QED) is 0.520.